The fourth-order valence-electron chi connectivity index (χ4n) is 1.98. The van der Waals surface area contributed by atoms with Gasteiger partial charge in [0.2, 0.25) is 0 Å². The number of anilines is 1. The van der Waals surface area contributed by atoms with E-state index in [1.165, 1.54) is 18.2 Å². The van der Waals surface area contributed by atoms with Crippen LogP contribution in [0.5, 0.6) is 0 Å². The normalized spacial score (nSPS) is 11.8. The maximum atomic E-state index is 13.5. The predicted octanol–water partition coefficient (Wildman–Crippen LogP) is 3.64. The number of amides is 2. The van der Waals surface area contributed by atoms with E-state index in [0.29, 0.717) is 10.7 Å². The Balaban J connectivity index is 1.91. The van der Waals surface area contributed by atoms with E-state index in [0.717, 1.165) is 5.56 Å². The highest BCUT2D eigenvalue weighted by Gasteiger charge is 2.13. The van der Waals surface area contributed by atoms with E-state index in [1.807, 2.05) is 6.92 Å². The Morgan fingerprint density at radius 1 is 1.32 bits per heavy atom. The van der Waals surface area contributed by atoms with Crippen LogP contribution in [0, 0.1) is 12.7 Å². The number of carbonyl (C=O) groups excluding carboxylic acids is 1. The summed E-state index contributed by atoms with van der Waals surface area (Å²) in [5.41, 5.74) is 1.57. The number of hydrogen-bond acceptors (Lipinski definition) is 2. The molecule has 116 valence electrons. The average Bonchev–Trinajstić information content (AvgIpc) is 2.48. The molecule has 2 amide bonds. The number of carbonyl (C=O) groups is 1. The van der Waals surface area contributed by atoms with Crippen molar-refractivity contribution in [1.29, 1.82) is 0 Å². The van der Waals surface area contributed by atoms with Crippen LogP contribution in [-0.2, 0) is 0 Å². The molecule has 0 spiro atoms. The van der Waals surface area contributed by atoms with Crippen molar-refractivity contribution in [2.24, 2.45) is 0 Å². The van der Waals surface area contributed by atoms with Gasteiger partial charge >= 0.3 is 6.03 Å². The molecular weight excluding hydrogens is 307 g/mol. The van der Waals surface area contributed by atoms with Gasteiger partial charge in [-0.15, -0.1) is 0 Å². The topological polar surface area (TPSA) is 61.4 Å². The highest BCUT2D eigenvalue weighted by Crippen LogP contribution is 2.19. The first-order chi connectivity index (χ1) is 10.5. The van der Waals surface area contributed by atoms with Gasteiger partial charge in [0, 0.05) is 22.8 Å². The smallest absolute Gasteiger partial charge is 0.319 e. The first kappa shape index (κ1) is 16.3. The Bertz CT molecular complexity index is 679. The lowest BCUT2D eigenvalue weighted by Crippen LogP contribution is -2.32. The Hall–Kier alpha value is -2.11. The summed E-state index contributed by atoms with van der Waals surface area (Å²) < 4.78 is 13.5. The number of aryl methyl sites for hydroxylation is 1. The van der Waals surface area contributed by atoms with E-state index < -0.39 is 18.0 Å². The SMILES string of the molecule is Cc1cc(Cl)ccc1NC(=O)NCC(O)c1ccccc1F. The van der Waals surface area contributed by atoms with Gasteiger partial charge < -0.3 is 15.7 Å². The highest BCUT2D eigenvalue weighted by atomic mass is 35.5. The zero-order chi connectivity index (χ0) is 16.1. The van der Waals surface area contributed by atoms with Gasteiger partial charge in [0.25, 0.3) is 0 Å². The molecule has 4 nitrogen and oxygen atoms in total. The summed E-state index contributed by atoms with van der Waals surface area (Å²) in [7, 11) is 0. The van der Waals surface area contributed by atoms with Crippen molar-refractivity contribution in [2.75, 3.05) is 11.9 Å². The maximum absolute atomic E-state index is 13.5. The molecule has 3 N–H and O–H groups in total. The van der Waals surface area contributed by atoms with E-state index in [4.69, 9.17) is 11.6 Å². The van der Waals surface area contributed by atoms with Crippen LogP contribution < -0.4 is 10.6 Å². The van der Waals surface area contributed by atoms with Crippen LogP contribution in [0.4, 0.5) is 14.9 Å². The fourth-order valence-corrected chi connectivity index (χ4v) is 2.21. The van der Waals surface area contributed by atoms with Gasteiger partial charge in [-0.05, 0) is 36.8 Å². The second-order valence-electron chi connectivity index (χ2n) is 4.83. The van der Waals surface area contributed by atoms with E-state index in [2.05, 4.69) is 10.6 Å². The highest BCUT2D eigenvalue weighted by molar-refractivity contribution is 6.30. The Kier molecular flexibility index (Phi) is 5.35. The Labute approximate surface area is 132 Å². The van der Waals surface area contributed by atoms with Crippen LogP contribution >= 0.6 is 11.6 Å². The monoisotopic (exact) mass is 322 g/mol. The van der Waals surface area contributed by atoms with Crippen molar-refractivity contribution in [3.8, 4) is 0 Å². The lowest BCUT2D eigenvalue weighted by molar-refractivity contribution is 0.170. The van der Waals surface area contributed by atoms with Crippen molar-refractivity contribution in [1.82, 2.24) is 5.32 Å². The molecule has 1 atom stereocenters. The molecule has 2 aromatic carbocycles. The van der Waals surface area contributed by atoms with Crippen LogP contribution in [0.15, 0.2) is 42.5 Å². The van der Waals surface area contributed by atoms with Crippen LogP contribution in [-0.4, -0.2) is 17.7 Å². The zero-order valence-electron chi connectivity index (χ0n) is 11.9. The summed E-state index contributed by atoms with van der Waals surface area (Å²) in [6.07, 6.45) is -1.11. The lowest BCUT2D eigenvalue weighted by atomic mass is 10.1. The molecule has 0 saturated carbocycles. The fraction of sp³-hybridized carbons (Fsp3) is 0.188. The molecular formula is C16H16ClFN2O2. The number of nitrogens with one attached hydrogen (secondary N) is 2. The van der Waals surface area contributed by atoms with Gasteiger partial charge in [-0.3, -0.25) is 0 Å². The minimum absolute atomic E-state index is 0.0978. The van der Waals surface area contributed by atoms with Gasteiger partial charge in [-0.2, -0.15) is 0 Å². The van der Waals surface area contributed by atoms with Crippen molar-refractivity contribution in [2.45, 2.75) is 13.0 Å². The first-order valence-electron chi connectivity index (χ1n) is 6.71. The van der Waals surface area contributed by atoms with Gasteiger partial charge in [0.15, 0.2) is 0 Å². The summed E-state index contributed by atoms with van der Waals surface area (Å²) in [4.78, 5) is 11.8. The molecule has 0 aromatic heterocycles. The number of aliphatic hydroxyl groups excluding tert-OH is 1. The number of rotatable bonds is 4. The second kappa shape index (κ2) is 7.24. The third-order valence-electron chi connectivity index (χ3n) is 3.16. The van der Waals surface area contributed by atoms with Crippen molar-refractivity contribution >= 4 is 23.3 Å². The van der Waals surface area contributed by atoms with Crippen molar-refractivity contribution < 1.29 is 14.3 Å². The molecule has 6 heteroatoms. The second-order valence-corrected chi connectivity index (χ2v) is 5.27. The van der Waals surface area contributed by atoms with E-state index in [9.17, 15) is 14.3 Å². The van der Waals surface area contributed by atoms with E-state index in [1.54, 1.807) is 24.3 Å². The lowest BCUT2D eigenvalue weighted by Gasteiger charge is -2.14. The van der Waals surface area contributed by atoms with Gasteiger partial charge in [0.1, 0.15) is 5.82 Å². The Morgan fingerprint density at radius 2 is 2.05 bits per heavy atom. The first-order valence-corrected chi connectivity index (χ1v) is 7.08. The van der Waals surface area contributed by atoms with Crippen LogP contribution in [0.25, 0.3) is 0 Å². The molecule has 0 bridgehead atoms. The molecule has 2 rings (SSSR count). The summed E-state index contributed by atoms with van der Waals surface area (Å²) >= 11 is 5.84. The number of benzene rings is 2. The summed E-state index contributed by atoms with van der Waals surface area (Å²) in [6, 6.07) is 10.5. The summed E-state index contributed by atoms with van der Waals surface area (Å²) in [6.45, 7) is 1.72. The Morgan fingerprint density at radius 3 is 2.73 bits per heavy atom. The standard InChI is InChI=1S/C16H16ClFN2O2/c1-10-8-11(17)6-7-14(10)20-16(22)19-9-15(21)12-4-2-3-5-13(12)18/h2-8,15,21H,9H2,1H3,(H2,19,20,22). The maximum Gasteiger partial charge on any atom is 0.319 e. The molecule has 0 radical (unpaired) electrons. The third kappa shape index (κ3) is 4.19. The minimum atomic E-state index is -1.11. The third-order valence-corrected chi connectivity index (χ3v) is 3.39. The molecule has 0 aliphatic rings. The zero-order valence-corrected chi connectivity index (χ0v) is 12.7. The average molecular weight is 323 g/mol. The molecule has 0 saturated heterocycles. The van der Waals surface area contributed by atoms with E-state index in [-0.39, 0.29) is 12.1 Å². The number of aliphatic hydroxyl groups is 1. The van der Waals surface area contributed by atoms with Crippen molar-refractivity contribution in [3.63, 3.8) is 0 Å². The van der Waals surface area contributed by atoms with Gasteiger partial charge in [0.05, 0.1) is 6.10 Å². The largest absolute Gasteiger partial charge is 0.386 e. The molecule has 0 heterocycles. The number of urea groups is 1. The molecule has 22 heavy (non-hydrogen) atoms. The molecule has 0 fully saturated rings. The minimum Gasteiger partial charge on any atom is -0.386 e. The molecule has 0 aliphatic heterocycles. The number of halogens is 2. The summed E-state index contributed by atoms with van der Waals surface area (Å²) in [5.74, 6) is -0.509. The van der Waals surface area contributed by atoms with Crippen LogP contribution in [0.2, 0.25) is 5.02 Å². The molecule has 0 aliphatic carbocycles. The van der Waals surface area contributed by atoms with E-state index >= 15 is 0 Å². The quantitative estimate of drug-likeness (QED) is 0.804. The number of hydrogen-bond donors (Lipinski definition) is 3. The van der Waals surface area contributed by atoms with Gasteiger partial charge in [-0.25, -0.2) is 9.18 Å². The van der Waals surface area contributed by atoms with Crippen LogP contribution in [0.3, 0.4) is 0 Å². The van der Waals surface area contributed by atoms with Crippen molar-refractivity contribution in [3.05, 3.63) is 64.4 Å². The van der Waals surface area contributed by atoms with Crippen LogP contribution in [0.1, 0.15) is 17.2 Å². The summed E-state index contributed by atoms with van der Waals surface area (Å²) in [5, 5.41) is 15.6. The predicted molar refractivity (Wildman–Crippen MR) is 84.6 cm³/mol. The molecule has 1 unspecified atom stereocenters. The molecule has 2 aromatic rings. The van der Waals surface area contributed by atoms with Gasteiger partial charge in [-0.1, -0.05) is 29.8 Å².